The molecule has 13 rings (SSSR count). The van der Waals surface area contributed by atoms with E-state index in [2.05, 4.69) is 0 Å². The van der Waals surface area contributed by atoms with E-state index in [1.165, 1.54) is 9.80 Å². The quantitative estimate of drug-likeness (QED) is 0.0985. The first-order chi connectivity index (χ1) is 29.3. The Labute approximate surface area is 340 Å². The van der Waals surface area contributed by atoms with Gasteiger partial charge in [0.05, 0.1) is 33.4 Å². The van der Waals surface area contributed by atoms with Crippen LogP contribution >= 0.6 is 0 Å². The highest BCUT2D eigenvalue weighted by Crippen LogP contribution is 2.49. The Morgan fingerprint density at radius 2 is 0.650 bits per heavy atom. The largest absolute Gasteiger partial charge is 0.268 e. The van der Waals surface area contributed by atoms with Crippen LogP contribution in [-0.2, 0) is 0 Å². The number of carbonyl (C=O) groups is 4. The number of hydrogen-bond donors (Lipinski definition) is 0. The lowest BCUT2D eigenvalue weighted by molar-refractivity contribution is 0.0878. The molecule has 9 aromatic carbocycles. The van der Waals surface area contributed by atoms with Gasteiger partial charge in [-0.05, 0) is 106 Å². The summed E-state index contributed by atoms with van der Waals surface area (Å²) in [7, 11) is 0. The molecule has 8 nitrogen and oxygen atoms in total. The molecule has 0 radical (unpaired) electrons. The van der Waals surface area contributed by atoms with Crippen molar-refractivity contribution in [2.75, 3.05) is 9.80 Å². The number of para-hydroxylation sites is 2. The fourth-order valence-corrected chi connectivity index (χ4v) is 10.3. The van der Waals surface area contributed by atoms with Crippen LogP contribution in [0.2, 0.25) is 0 Å². The molecule has 0 saturated heterocycles. The summed E-state index contributed by atoms with van der Waals surface area (Å²) in [5, 5.41) is 9.04. The van der Waals surface area contributed by atoms with Gasteiger partial charge >= 0.3 is 0 Å². The number of amides is 4. The maximum absolute atomic E-state index is 14.9. The van der Waals surface area contributed by atoms with E-state index in [0.717, 1.165) is 54.2 Å². The van der Waals surface area contributed by atoms with Crippen LogP contribution < -0.4 is 9.80 Å². The molecule has 60 heavy (non-hydrogen) atoms. The molecule has 0 N–H and O–H groups in total. The highest BCUT2D eigenvalue weighted by atomic mass is 16.2. The van der Waals surface area contributed by atoms with Gasteiger partial charge in [-0.1, -0.05) is 84.9 Å². The van der Waals surface area contributed by atoms with Crippen LogP contribution in [0.15, 0.2) is 133 Å². The lowest BCUT2D eigenvalue weighted by Crippen LogP contribution is -2.41. The second kappa shape index (κ2) is 11.3. The van der Waals surface area contributed by atoms with Gasteiger partial charge in [0.2, 0.25) is 0 Å². The Bertz CT molecular complexity index is 3530. The maximum atomic E-state index is 14.9. The zero-order valence-electron chi connectivity index (χ0n) is 32.1. The first-order valence-corrected chi connectivity index (χ1v) is 19.8. The van der Waals surface area contributed by atoms with Gasteiger partial charge in [0.15, 0.2) is 0 Å². The molecule has 2 aromatic heterocycles. The predicted octanol–water partition coefficient (Wildman–Crippen LogP) is 11.4. The van der Waals surface area contributed by atoms with Crippen LogP contribution in [0.5, 0.6) is 0 Å². The fourth-order valence-electron chi connectivity index (χ4n) is 10.3. The number of benzene rings is 9. The summed E-state index contributed by atoms with van der Waals surface area (Å²) >= 11 is 0. The normalized spacial score (nSPS) is 14.2. The summed E-state index contributed by atoms with van der Waals surface area (Å²) in [6.45, 7) is 3.94. The van der Waals surface area contributed by atoms with Crippen LogP contribution in [-0.4, -0.2) is 33.6 Å². The minimum absolute atomic E-state index is 0.407. The van der Waals surface area contributed by atoms with E-state index < -0.39 is 23.6 Å². The summed E-state index contributed by atoms with van der Waals surface area (Å²) in [5.74, 6) is -1.63. The molecule has 280 valence electrons. The molecule has 0 bridgehead atoms. The molecule has 0 fully saturated rings. The van der Waals surface area contributed by atoms with Gasteiger partial charge in [-0.15, -0.1) is 0 Å². The third kappa shape index (κ3) is 3.95. The van der Waals surface area contributed by atoms with Crippen molar-refractivity contribution < 1.29 is 19.2 Å². The average molecular weight is 773 g/mol. The standard InChI is InChI=1S/C52H28N4O4/c1-25-9-7-15-39-41(25)47(31-11-3-5-13-37(31)53-39)55-49(57)33-21-17-27-29-19-23-35-46-36(24-20-30(44(29)46)28-18-22-34(50(55)58)45(33)43(27)28)52(60)56(51(35)59)48-32-12-4-6-14-38(32)54-40-16-8-10-26(2)42(40)48/h3-24H,1-2H3. The molecule has 0 saturated carbocycles. The summed E-state index contributed by atoms with van der Waals surface area (Å²) in [6, 6.07) is 41.8. The van der Waals surface area contributed by atoms with Gasteiger partial charge in [-0.25, -0.2) is 19.8 Å². The number of pyridine rings is 2. The number of rotatable bonds is 2. The van der Waals surface area contributed by atoms with E-state index in [1.807, 2.05) is 147 Å². The third-order valence-electron chi connectivity index (χ3n) is 12.9. The van der Waals surface area contributed by atoms with Crippen molar-refractivity contribution in [1.82, 2.24) is 9.97 Å². The van der Waals surface area contributed by atoms with E-state index in [-0.39, 0.29) is 0 Å². The van der Waals surface area contributed by atoms with Crippen LogP contribution in [0.4, 0.5) is 11.4 Å². The van der Waals surface area contributed by atoms with Crippen molar-refractivity contribution >= 4 is 122 Å². The van der Waals surface area contributed by atoms with Gasteiger partial charge in [-0.3, -0.25) is 19.2 Å². The highest BCUT2D eigenvalue weighted by Gasteiger charge is 2.40. The Kier molecular flexibility index (Phi) is 6.20. The Morgan fingerprint density at radius 3 is 1.02 bits per heavy atom. The van der Waals surface area contributed by atoms with E-state index in [4.69, 9.17) is 9.97 Å². The third-order valence-corrected chi connectivity index (χ3v) is 12.9. The van der Waals surface area contributed by atoms with Gasteiger partial charge in [0, 0.05) is 54.6 Å². The van der Waals surface area contributed by atoms with Crippen LogP contribution in [0, 0.1) is 13.8 Å². The second-order valence-electron chi connectivity index (χ2n) is 15.9. The first-order valence-electron chi connectivity index (χ1n) is 19.8. The predicted molar refractivity (Wildman–Crippen MR) is 238 cm³/mol. The summed E-state index contributed by atoms with van der Waals surface area (Å²) in [6.07, 6.45) is 0. The molecular formula is C52H28N4O4. The van der Waals surface area contributed by atoms with Gasteiger partial charge in [-0.2, -0.15) is 0 Å². The summed E-state index contributed by atoms with van der Waals surface area (Å²) in [4.78, 5) is 72.1. The minimum Gasteiger partial charge on any atom is -0.268 e. The molecule has 0 unspecified atom stereocenters. The van der Waals surface area contributed by atoms with Crippen molar-refractivity contribution in [2.45, 2.75) is 13.8 Å². The smallest absolute Gasteiger partial charge is 0.266 e. The number of hydrogen-bond acceptors (Lipinski definition) is 6. The zero-order valence-corrected chi connectivity index (χ0v) is 32.1. The van der Waals surface area contributed by atoms with Gasteiger partial charge in [0.25, 0.3) is 23.6 Å². The number of aryl methyl sites for hydroxylation is 2. The van der Waals surface area contributed by atoms with Crippen molar-refractivity contribution in [3.63, 3.8) is 0 Å². The molecule has 0 aliphatic carbocycles. The minimum atomic E-state index is -0.407. The monoisotopic (exact) mass is 772 g/mol. The first kappa shape index (κ1) is 32.9. The molecule has 4 amide bonds. The molecule has 2 aliphatic rings. The highest BCUT2D eigenvalue weighted by molar-refractivity contribution is 6.47. The maximum Gasteiger partial charge on any atom is 0.266 e. The van der Waals surface area contributed by atoms with Gasteiger partial charge in [0.1, 0.15) is 0 Å². The van der Waals surface area contributed by atoms with Crippen molar-refractivity contribution in [3.8, 4) is 0 Å². The Morgan fingerprint density at radius 1 is 0.317 bits per heavy atom. The number of nitrogens with zero attached hydrogens (tertiary/aromatic N) is 4. The van der Waals surface area contributed by atoms with E-state index >= 15 is 0 Å². The zero-order chi connectivity index (χ0) is 40.3. The Balaban J connectivity index is 1.04. The van der Waals surface area contributed by atoms with Gasteiger partial charge < -0.3 is 0 Å². The molecule has 8 heteroatoms. The molecule has 11 aromatic rings. The summed E-state index contributed by atoms with van der Waals surface area (Å²) in [5.41, 5.74) is 7.36. The van der Waals surface area contributed by atoms with Crippen molar-refractivity contribution in [1.29, 1.82) is 0 Å². The lowest BCUT2D eigenvalue weighted by atomic mass is 9.82. The molecule has 0 spiro atoms. The molecule has 0 atom stereocenters. The second-order valence-corrected chi connectivity index (χ2v) is 15.9. The fraction of sp³-hybridized carbons (Fsp3) is 0.0385. The SMILES string of the molecule is Cc1cccc2nc3ccccc3c(N3C(=O)c4ccc5c6ccc7c8c(ccc(c9ccc(c4c59)C3=O)c86)C(=O)N(c3c4ccccc4nc4cccc(C)c34)C7=O)c12. The molecule has 2 aliphatic heterocycles. The van der Waals surface area contributed by atoms with Crippen LogP contribution in [0.3, 0.4) is 0 Å². The van der Waals surface area contributed by atoms with Crippen molar-refractivity contribution in [2.24, 2.45) is 0 Å². The van der Waals surface area contributed by atoms with E-state index in [1.54, 1.807) is 0 Å². The number of carbonyl (C=O) groups excluding carboxylic acids is 4. The number of imide groups is 2. The van der Waals surface area contributed by atoms with Crippen LogP contribution in [0.1, 0.15) is 52.6 Å². The number of fused-ring (bicyclic) bond motifs is 6. The Hall–Kier alpha value is -8.10. The average Bonchev–Trinajstić information content (AvgIpc) is 3.26. The summed E-state index contributed by atoms with van der Waals surface area (Å²) < 4.78 is 0. The van der Waals surface area contributed by atoms with Crippen LogP contribution in [0.25, 0.3) is 86.7 Å². The molecule has 4 heterocycles. The number of aromatic nitrogens is 2. The van der Waals surface area contributed by atoms with Crippen molar-refractivity contribution in [3.05, 3.63) is 167 Å². The topological polar surface area (TPSA) is 101 Å². The van der Waals surface area contributed by atoms with E-state index in [0.29, 0.717) is 77.2 Å². The lowest BCUT2D eigenvalue weighted by Gasteiger charge is -2.31. The number of anilines is 2. The molecular weight excluding hydrogens is 745 g/mol. The van der Waals surface area contributed by atoms with E-state index in [9.17, 15) is 19.2 Å².